The third-order valence-electron chi connectivity index (χ3n) is 2.78. The molecule has 0 fully saturated rings. The molecular formula is C14H15Cl2N3O3. The topological polar surface area (TPSA) is 87.2 Å². The van der Waals surface area contributed by atoms with Crippen molar-refractivity contribution >= 4 is 29.1 Å². The molecule has 2 rings (SSSR count). The summed E-state index contributed by atoms with van der Waals surface area (Å²) in [5.41, 5.74) is 1.05. The van der Waals surface area contributed by atoms with Gasteiger partial charge >= 0.3 is 0 Å². The highest BCUT2D eigenvalue weighted by molar-refractivity contribution is 6.42. The van der Waals surface area contributed by atoms with Gasteiger partial charge in [0.05, 0.1) is 5.02 Å². The first-order valence-corrected chi connectivity index (χ1v) is 7.28. The second kappa shape index (κ2) is 7.49. The molecule has 1 atom stereocenters. The summed E-state index contributed by atoms with van der Waals surface area (Å²) in [4.78, 5) is 11.8. The molecule has 3 N–H and O–H groups in total. The lowest BCUT2D eigenvalue weighted by molar-refractivity contribution is 0.0840. The predicted molar refractivity (Wildman–Crippen MR) is 83.6 cm³/mol. The van der Waals surface area contributed by atoms with E-state index in [9.17, 15) is 9.90 Å². The number of nitrogens with zero attached hydrogens (tertiary/aromatic N) is 1. The molecule has 0 radical (unpaired) electrons. The molecular weight excluding hydrogens is 329 g/mol. The van der Waals surface area contributed by atoms with Gasteiger partial charge in [0.2, 0.25) is 0 Å². The van der Waals surface area contributed by atoms with E-state index in [2.05, 4.69) is 15.5 Å². The number of amides is 1. The van der Waals surface area contributed by atoms with Crippen molar-refractivity contribution in [3.8, 4) is 5.75 Å². The molecule has 1 unspecified atom stereocenters. The van der Waals surface area contributed by atoms with Crippen LogP contribution in [-0.4, -0.2) is 40.5 Å². The Balaban J connectivity index is 1.79. The summed E-state index contributed by atoms with van der Waals surface area (Å²) < 4.78 is 5.38. The molecule has 0 spiro atoms. The van der Waals surface area contributed by atoms with Crippen LogP contribution in [-0.2, 0) is 0 Å². The zero-order valence-corrected chi connectivity index (χ0v) is 13.3. The number of aromatic nitrogens is 2. The minimum absolute atomic E-state index is 0.0278. The van der Waals surface area contributed by atoms with Crippen LogP contribution >= 0.6 is 23.2 Å². The third-order valence-corrected chi connectivity index (χ3v) is 3.59. The number of hydrogen-bond donors (Lipinski definition) is 3. The summed E-state index contributed by atoms with van der Waals surface area (Å²) in [5.74, 6) is 0.00616. The smallest absolute Gasteiger partial charge is 0.271 e. The maximum absolute atomic E-state index is 11.8. The fraction of sp³-hybridized carbons (Fsp3) is 0.286. The van der Waals surface area contributed by atoms with Gasteiger partial charge in [-0.25, -0.2) is 0 Å². The number of aryl methyl sites for hydroxylation is 1. The first-order chi connectivity index (χ1) is 10.5. The Morgan fingerprint density at radius 3 is 2.95 bits per heavy atom. The first kappa shape index (κ1) is 16.6. The van der Waals surface area contributed by atoms with Gasteiger partial charge in [0.1, 0.15) is 29.2 Å². The Bertz CT molecular complexity index is 661. The number of halogens is 2. The molecule has 1 aromatic heterocycles. The van der Waals surface area contributed by atoms with Crippen molar-refractivity contribution in [1.82, 2.24) is 15.5 Å². The van der Waals surface area contributed by atoms with Crippen LogP contribution in [0.4, 0.5) is 0 Å². The normalized spacial score (nSPS) is 12.0. The van der Waals surface area contributed by atoms with Gasteiger partial charge in [0.25, 0.3) is 5.91 Å². The lowest BCUT2D eigenvalue weighted by atomic mass is 10.3. The third kappa shape index (κ3) is 4.37. The zero-order chi connectivity index (χ0) is 16.1. The Morgan fingerprint density at radius 2 is 2.27 bits per heavy atom. The molecule has 118 valence electrons. The van der Waals surface area contributed by atoms with Crippen molar-refractivity contribution in [2.75, 3.05) is 13.2 Å². The van der Waals surface area contributed by atoms with E-state index in [1.807, 2.05) is 0 Å². The number of rotatable bonds is 6. The van der Waals surface area contributed by atoms with Gasteiger partial charge in [0, 0.05) is 12.2 Å². The molecule has 0 bridgehead atoms. The fourth-order valence-corrected chi connectivity index (χ4v) is 2.02. The predicted octanol–water partition coefficient (Wildman–Crippen LogP) is 2.19. The number of aliphatic hydroxyl groups excluding tert-OH is 1. The molecule has 0 saturated carbocycles. The van der Waals surface area contributed by atoms with Crippen LogP contribution in [0.2, 0.25) is 10.0 Å². The van der Waals surface area contributed by atoms with Gasteiger partial charge in [-0.15, -0.1) is 0 Å². The van der Waals surface area contributed by atoms with Crippen LogP contribution in [0.3, 0.4) is 0 Å². The summed E-state index contributed by atoms with van der Waals surface area (Å²) in [5, 5.41) is 19.5. The average molecular weight is 344 g/mol. The van der Waals surface area contributed by atoms with E-state index in [-0.39, 0.29) is 29.8 Å². The van der Waals surface area contributed by atoms with Crippen molar-refractivity contribution in [2.45, 2.75) is 13.0 Å². The van der Waals surface area contributed by atoms with Crippen LogP contribution in [0.1, 0.15) is 16.2 Å². The van der Waals surface area contributed by atoms with Crippen molar-refractivity contribution in [2.24, 2.45) is 0 Å². The van der Waals surface area contributed by atoms with E-state index >= 15 is 0 Å². The number of carbonyl (C=O) groups excluding carboxylic acids is 1. The Kier molecular flexibility index (Phi) is 5.65. The van der Waals surface area contributed by atoms with Crippen molar-refractivity contribution in [3.63, 3.8) is 0 Å². The van der Waals surface area contributed by atoms with Crippen LogP contribution in [0.25, 0.3) is 0 Å². The van der Waals surface area contributed by atoms with Gasteiger partial charge in [0.15, 0.2) is 0 Å². The highest BCUT2D eigenvalue weighted by atomic mass is 35.5. The van der Waals surface area contributed by atoms with Crippen molar-refractivity contribution < 1.29 is 14.6 Å². The van der Waals surface area contributed by atoms with Gasteiger partial charge in [-0.3, -0.25) is 9.89 Å². The summed E-state index contributed by atoms with van der Waals surface area (Å²) in [6.45, 7) is 1.80. The van der Waals surface area contributed by atoms with Gasteiger partial charge < -0.3 is 15.2 Å². The van der Waals surface area contributed by atoms with Gasteiger partial charge in [-0.2, -0.15) is 5.10 Å². The molecule has 22 heavy (non-hydrogen) atoms. The van der Waals surface area contributed by atoms with Gasteiger partial charge in [-0.1, -0.05) is 29.3 Å². The maximum atomic E-state index is 11.8. The second-order valence-corrected chi connectivity index (χ2v) is 5.45. The molecule has 1 heterocycles. The van der Waals surface area contributed by atoms with Crippen LogP contribution in [0.15, 0.2) is 24.3 Å². The van der Waals surface area contributed by atoms with Gasteiger partial charge in [-0.05, 0) is 25.1 Å². The molecule has 0 aliphatic carbocycles. The van der Waals surface area contributed by atoms with Crippen LogP contribution < -0.4 is 10.1 Å². The lowest BCUT2D eigenvalue weighted by Gasteiger charge is -2.14. The SMILES string of the molecule is Cc1cc(C(=O)NCC(O)COc2cccc(Cl)c2Cl)n[nH]1. The molecule has 8 heteroatoms. The molecule has 1 aromatic carbocycles. The summed E-state index contributed by atoms with van der Waals surface area (Å²) in [6.07, 6.45) is -0.890. The Hall–Kier alpha value is -1.76. The van der Waals surface area contributed by atoms with Crippen molar-refractivity contribution in [1.29, 1.82) is 0 Å². The van der Waals surface area contributed by atoms with E-state index in [0.29, 0.717) is 10.8 Å². The minimum Gasteiger partial charge on any atom is -0.489 e. The van der Waals surface area contributed by atoms with E-state index < -0.39 is 6.10 Å². The quantitative estimate of drug-likeness (QED) is 0.750. The number of aliphatic hydroxyl groups is 1. The van der Waals surface area contributed by atoms with E-state index in [0.717, 1.165) is 5.69 Å². The summed E-state index contributed by atoms with van der Waals surface area (Å²) in [7, 11) is 0. The molecule has 0 saturated heterocycles. The average Bonchev–Trinajstić information content (AvgIpc) is 2.93. The standard InChI is InChI=1S/C14H15Cl2N3O3/c1-8-5-11(19-18-8)14(21)17-6-9(20)7-22-12-4-2-3-10(15)13(12)16/h2-5,9,20H,6-7H2,1H3,(H,17,21)(H,18,19). The number of nitrogens with one attached hydrogen (secondary N) is 2. The van der Waals surface area contributed by atoms with Crippen LogP contribution in [0.5, 0.6) is 5.75 Å². The lowest BCUT2D eigenvalue weighted by Crippen LogP contribution is -2.35. The number of carbonyl (C=O) groups is 1. The highest BCUT2D eigenvalue weighted by Crippen LogP contribution is 2.31. The van der Waals surface area contributed by atoms with Crippen LogP contribution in [0, 0.1) is 6.92 Å². The Morgan fingerprint density at radius 1 is 1.50 bits per heavy atom. The Labute approximate surface area is 137 Å². The fourth-order valence-electron chi connectivity index (χ4n) is 1.68. The molecule has 1 amide bonds. The molecule has 6 nitrogen and oxygen atoms in total. The number of benzene rings is 1. The van der Waals surface area contributed by atoms with E-state index in [4.69, 9.17) is 27.9 Å². The number of H-pyrrole nitrogens is 1. The number of aromatic amines is 1. The van der Waals surface area contributed by atoms with E-state index in [1.165, 1.54) is 0 Å². The number of ether oxygens (including phenoxy) is 1. The highest BCUT2D eigenvalue weighted by Gasteiger charge is 2.13. The minimum atomic E-state index is -0.890. The monoisotopic (exact) mass is 343 g/mol. The maximum Gasteiger partial charge on any atom is 0.271 e. The molecule has 0 aliphatic rings. The number of hydrogen-bond acceptors (Lipinski definition) is 4. The molecule has 2 aromatic rings. The first-order valence-electron chi connectivity index (χ1n) is 6.52. The van der Waals surface area contributed by atoms with E-state index in [1.54, 1.807) is 31.2 Å². The summed E-state index contributed by atoms with van der Waals surface area (Å²) >= 11 is 11.8. The van der Waals surface area contributed by atoms with Crippen molar-refractivity contribution in [3.05, 3.63) is 45.7 Å². The zero-order valence-electron chi connectivity index (χ0n) is 11.8. The summed E-state index contributed by atoms with van der Waals surface area (Å²) in [6, 6.07) is 6.59. The molecule has 0 aliphatic heterocycles. The largest absolute Gasteiger partial charge is 0.489 e. The second-order valence-electron chi connectivity index (χ2n) is 4.66.